The number of carbonyl (C=O) groups is 1. The maximum atomic E-state index is 12.9. The van der Waals surface area contributed by atoms with Gasteiger partial charge in [0.05, 0.1) is 17.0 Å². The summed E-state index contributed by atoms with van der Waals surface area (Å²) in [5, 5.41) is 9.93. The van der Waals surface area contributed by atoms with Crippen molar-refractivity contribution in [3.8, 4) is 6.07 Å². The average molecular weight is 398 g/mol. The minimum Gasteiger partial charge on any atom is -0.354 e. The van der Waals surface area contributed by atoms with Crippen molar-refractivity contribution in [1.82, 2.24) is 19.9 Å². The molecule has 2 aromatic heterocycles. The number of fused-ring (bicyclic) bond motifs is 1. The highest BCUT2D eigenvalue weighted by molar-refractivity contribution is 5.92. The Morgan fingerprint density at radius 3 is 2.73 bits per heavy atom. The van der Waals surface area contributed by atoms with E-state index in [-0.39, 0.29) is 11.3 Å². The molecule has 5 rings (SSSR count). The van der Waals surface area contributed by atoms with Gasteiger partial charge >= 0.3 is 0 Å². The molecule has 1 amide bonds. The number of benzene rings is 1. The van der Waals surface area contributed by atoms with Crippen LogP contribution >= 0.6 is 0 Å². The van der Waals surface area contributed by atoms with E-state index in [0.29, 0.717) is 12.1 Å². The van der Waals surface area contributed by atoms with E-state index in [1.165, 1.54) is 0 Å². The summed E-state index contributed by atoms with van der Waals surface area (Å²) < 4.78 is 0. The fraction of sp³-hybridized carbons (Fsp3) is 0.304. The Bertz CT molecular complexity index is 1150. The smallest absolute Gasteiger partial charge is 0.246 e. The van der Waals surface area contributed by atoms with Crippen LogP contribution in [0.1, 0.15) is 24.0 Å². The van der Waals surface area contributed by atoms with Gasteiger partial charge in [0.2, 0.25) is 5.91 Å². The summed E-state index contributed by atoms with van der Waals surface area (Å²) in [6.45, 7) is 3.10. The lowest BCUT2D eigenvalue weighted by atomic mass is 10.1. The topological polar surface area (TPSA) is 88.9 Å². The molecular weight excluding hydrogens is 376 g/mol. The third-order valence-electron chi connectivity index (χ3n) is 6.05. The van der Waals surface area contributed by atoms with Gasteiger partial charge in [0.15, 0.2) is 0 Å². The number of hydrogen-bond donors (Lipinski definition) is 1. The molecule has 1 aromatic carbocycles. The fourth-order valence-electron chi connectivity index (χ4n) is 4.17. The maximum Gasteiger partial charge on any atom is 0.246 e. The van der Waals surface area contributed by atoms with E-state index >= 15 is 0 Å². The van der Waals surface area contributed by atoms with Crippen molar-refractivity contribution < 1.29 is 4.79 Å². The number of nitrogens with one attached hydrogen (secondary N) is 1. The number of amides is 1. The predicted octanol–water partition coefficient (Wildman–Crippen LogP) is 2.97. The van der Waals surface area contributed by atoms with Crippen LogP contribution in [-0.4, -0.2) is 51.9 Å². The van der Waals surface area contributed by atoms with Crippen LogP contribution in [0.3, 0.4) is 0 Å². The first-order valence-electron chi connectivity index (χ1n) is 10.2. The van der Waals surface area contributed by atoms with Crippen molar-refractivity contribution in [1.29, 1.82) is 5.26 Å². The predicted molar refractivity (Wildman–Crippen MR) is 115 cm³/mol. The summed E-state index contributed by atoms with van der Waals surface area (Å²) in [6, 6.07) is 11.3. The van der Waals surface area contributed by atoms with Crippen molar-refractivity contribution in [2.24, 2.45) is 5.41 Å². The van der Waals surface area contributed by atoms with E-state index < -0.39 is 0 Å². The van der Waals surface area contributed by atoms with Gasteiger partial charge in [-0.1, -0.05) is 12.1 Å². The van der Waals surface area contributed by atoms with E-state index in [0.717, 1.165) is 54.9 Å². The molecule has 2 aliphatic rings. The first kappa shape index (κ1) is 18.4. The van der Waals surface area contributed by atoms with Crippen LogP contribution in [0, 0.1) is 16.7 Å². The summed E-state index contributed by atoms with van der Waals surface area (Å²) in [5.41, 5.74) is 2.52. The van der Waals surface area contributed by atoms with Crippen LogP contribution in [0.2, 0.25) is 0 Å². The first-order chi connectivity index (χ1) is 14.7. The Labute approximate surface area is 174 Å². The molecule has 1 aliphatic heterocycles. The molecule has 2 fully saturated rings. The van der Waals surface area contributed by atoms with E-state index in [4.69, 9.17) is 5.26 Å². The highest BCUT2D eigenvalue weighted by Crippen LogP contribution is 2.48. The highest BCUT2D eigenvalue weighted by Gasteiger charge is 2.47. The number of rotatable bonds is 3. The molecule has 1 N–H and O–H groups in total. The lowest BCUT2D eigenvalue weighted by molar-refractivity contribution is -0.126. The first-order valence-corrected chi connectivity index (χ1v) is 10.2. The number of H-pyrrole nitrogens is 1. The molecular formula is C23H22N6O. The van der Waals surface area contributed by atoms with Crippen LogP contribution in [-0.2, 0) is 4.79 Å². The second-order valence-electron chi connectivity index (χ2n) is 8.19. The number of hydrogen-bond acceptors (Lipinski definition) is 5. The summed E-state index contributed by atoms with van der Waals surface area (Å²) in [4.78, 5) is 29.2. The van der Waals surface area contributed by atoms with Gasteiger partial charge < -0.3 is 14.8 Å². The second-order valence-corrected chi connectivity index (χ2v) is 8.19. The standard InChI is InChI=1S/C23H22N6O/c24-13-18-3-1-17(2-4-18)5-6-20(30)28-11-12-29(15-23(14-28)8-9-23)22-19-7-10-25-21(19)26-16-27-22/h1-7,10,16H,8-9,11-12,14-15H2,(H,25,26,27). The Morgan fingerprint density at radius 2 is 1.97 bits per heavy atom. The third-order valence-corrected chi connectivity index (χ3v) is 6.05. The summed E-state index contributed by atoms with van der Waals surface area (Å²) in [5.74, 6) is 0.969. The quantitative estimate of drug-likeness (QED) is 0.685. The SMILES string of the molecule is N#Cc1ccc(C=CC(=O)N2CCN(c3ncnc4[nH]ccc34)CC3(CC3)C2)cc1. The molecule has 0 unspecified atom stereocenters. The maximum absolute atomic E-state index is 12.9. The minimum absolute atomic E-state index is 0.0296. The summed E-state index contributed by atoms with van der Waals surface area (Å²) in [6.07, 6.45) is 9.21. The fourth-order valence-corrected chi connectivity index (χ4v) is 4.17. The zero-order chi connectivity index (χ0) is 20.6. The van der Waals surface area contributed by atoms with Crippen LogP contribution in [0.5, 0.6) is 0 Å². The molecule has 30 heavy (non-hydrogen) atoms. The minimum atomic E-state index is 0.0296. The largest absolute Gasteiger partial charge is 0.354 e. The van der Waals surface area contributed by atoms with E-state index in [2.05, 4.69) is 25.9 Å². The Morgan fingerprint density at radius 1 is 1.13 bits per heavy atom. The summed E-state index contributed by atoms with van der Waals surface area (Å²) >= 11 is 0. The van der Waals surface area contributed by atoms with E-state index in [9.17, 15) is 4.79 Å². The molecule has 150 valence electrons. The number of anilines is 1. The molecule has 0 atom stereocenters. The Kier molecular flexibility index (Phi) is 4.47. The average Bonchev–Trinajstić information content (AvgIpc) is 3.42. The Hall–Kier alpha value is -3.66. The molecule has 1 spiro atoms. The van der Waals surface area contributed by atoms with Crippen molar-refractivity contribution >= 4 is 28.8 Å². The van der Waals surface area contributed by atoms with Crippen molar-refractivity contribution in [3.05, 3.63) is 60.1 Å². The molecule has 7 heteroatoms. The molecule has 7 nitrogen and oxygen atoms in total. The van der Waals surface area contributed by atoms with Gasteiger partial charge in [-0.25, -0.2) is 9.97 Å². The van der Waals surface area contributed by atoms with Gasteiger partial charge in [-0.05, 0) is 42.7 Å². The molecule has 0 radical (unpaired) electrons. The molecule has 1 saturated carbocycles. The zero-order valence-corrected chi connectivity index (χ0v) is 16.6. The van der Waals surface area contributed by atoms with E-state index in [1.807, 2.05) is 35.4 Å². The van der Waals surface area contributed by atoms with Crippen LogP contribution in [0.4, 0.5) is 5.82 Å². The number of aromatic amines is 1. The molecule has 0 bridgehead atoms. The number of nitrogens with zero attached hydrogens (tertiary/aromatic N) is 5. The van der Waals surface area contributed by atoms with Crippen LogP contribution in [0.15, 0.2) is 48.9 Å². The van der Waals surface area contributed by atoms with Crippen LogP contribution < -0.4 is 4.90 Å². The summed E-state index contributed by atoms with van der Waals surface area (Å²) in [7, 11) is 0. The van der Waals surface area contributed by atoms with Gasteiger partial charge in [-0.3, -0.25) is 4.79 Å². The van der Waals surface area contributed by atoms with Crippen molar-refractivity contribution in [2.45, 2.75) is 12.8 Å². The van der Waals surface area contributed by atoms with Gasteiger partial charge in [-0.15, -0.1) is 0 Å². The molecule has 1 saturated heterocycles. The number of aromatic nitrogens is 3. The lowest BCUT2D eigenvalue weighted by Gasteiger charge is -2.25. The molecule has 3 aromatic rings. The van der Waals surface area contributed by atoms with Gasteiger partial charge in [0.25, 0.3) is 0 Å². The third kappa shape index (κ3) is 3.52. The van der Waals surface area contributed by atoms with Gasteiger partial charge in [0.1, 0.15) is 17.8 Å². The van der Waals surface area contributed by atoms with Crippen LogP contribution in [0.25, 0.3) is 17.1 Å². The van der Waals surface area contributed by atoms with Crippen molar-refractivity contribution in [3.63, 3.8) is 0 Å². The lowest BCUT2D eigenvalue weighted by Crippen LogP contribution is -2.35. The van der Waals surface area contributed by atoms with E-state index in [1.54, 1.807) is 24.5 Å². The molecule has 3 heterocycles. The second kappa shape index (κ2) is 7.30. The zero-order valence-electron chi connectivity index (χ0n) is 16.6. The highest BCUT2D eigenvalue weighted by atomic mass is 16.2. The normalized spacial score (nSPS) is 18.0. The van der Waals surface area contributed by atoms with Crippen molar-refractivity contribution in [2.75, 3.05) is 31.1 Å². The Balaban J connectivity index is 1.33. The number of carbonyl (C=O) groups excluding carboxylic acids is 1. The molecule has 1 aliphatic carbocycles. The van der Waals surface area contributed by atoms with Gasteiger partial charge in [0, 0.05) is 43.9 Å². The monoisotopic (exact) mass is 398 g/mol. The van der Waals surface area contributed by atoms with Gasteiger partial charge in [-0.2, -0.15) is 5.26 Å². The number of nitriles is 1.